The molecule has 5 nitrogen and oxygen atoms in total. The van der Waals surface area contributed by atoms with Crippen LogP contribution in [0.4, 0.5) is 32.4 Å². The van der Waals surface area contributed by atoms with Crippen LogP contribution < -0.4 is 4.74 Å². The Hall–Kier alpha value is -3.04. The maximum Gasteiger partial charge on any atom is 0.514 e. The zero-order valence-electron chi connectivity index (χ0n) is 13.1. The number of rotatable bonds is 5. The van der Waals surface area contributed by atoms with Gasteiger partial charge in [0.25, 0.3) is 0 Å². The largest absolute Gasteiger partial charge is 0.514 e. The maximum absolute atomic E-state index is 13.4. The fourth-order valence-corrected chi connectivity index (χ4v) is 2.06. The molecule has 0 N–H and O–H groups in total. The monoisotopic (exact) mass is 375 g/mol. The van der Waals surface area contributed by atoms with Crippen molar-refractivity contribution >= 4 is 11.8 Å². The minimum atomic E-state index is -2.38. The summed E-state index contributed by atoms with van der Waals surface area (Å²) in [5.74, 6) is -13.8. The van der Waals surface area contributed by atoms with Gasteiger partial charge in [-0.1, -0.05) is 25.1 Å². The average Bonchev–Trinajstić information content (AvgIpc) is 2.66. The van der Waals surface area contributed by atoms with E-state index in [-0.39, 0.29) is 5.69 Å². The summed E-state index contributed by atoms with van der Waals surface area (Å²) in [6, 6.07) is 6.13. The maximum atomic E-state index is 13.4. The number of hydrogen-bond donors (Lipinski definition) is 0. The van der Waals surface area contributed by atoms with Crippen molar-refractivity contribution in [1.82, 2.24) is 0 Å². The van der Waals surface area contributed by atoms with Crippen molar-refractivity contribution in [1.29, 1.82) is 0 Å². The molecule has 0 fully saturated rings. The van der Waals surface area contributed by atoms with Gasteiger partial charge >= 0.3 is 6.16 Å². The van der Waals surface area contributed by atoms with E-state index < -0.39 is 53.5 Å². The van der Waals surface area contributed by atoms with Gasteiger partial charge in [-0.15, -0.1) is 4.91 Å². The molecule has 2 rings (SSSR count). The Morgan fingerprint density at radius 2 is 1.54 bits per heavy atom. The highest BCUT2D eigenvalue weighted by atomic mass is 19.2. The fraction of sp³-hybridized carbons (Fsp3) is 0.188. The highest BCUT2D eigenvalue weighted by molar-refractivity contribution is 5.64. The smallest absolute Gasteiger partial charge is 0.433 e. The number of ether oxygens (including phenoxy) is 2. The standard InChI is InChI=1S/C16H10F5NO4/c1-7(8-4-2-3-5-9(8)22-24)6-25-16(23)26-15-13(20)11(18)10(17)12(19)14(15)21/h2-5,7H,6H2,1H3. The van der Waals surface area contributed by atoms with Crippen LogP contribution in [0.3, 0.4) is 0 Å². The summed E-state index contributed by atoms with van der Waals surface area (Å²) >= 11 is 0. The zero-order valence-corrected chi connectivity index (χ0v) is 13.1. The zero-order chi connectivity index (χ0) is 19.4. The van der Waals surface area contributed by atoms with Gasteiger partial charge < -0.3 is 9.47 Å². The first-order valence-corrected chi connectivity index (χ1v) is 7.06. The van der Waals surface area contributed by atoms with Gasteiger partial charge in [0.15, 0.2) is 0 Å². The molecule has 1 atom stereocenters. The third kappa shape index (κ3) is 3.79. The Bertz CT molecular complexity index is 830. The lowest BCUT2D eigenvalue weighted by Crippen LogP contribution is -2.17. The lowest BCUT2D eigenvalue weighted by atomic mass is 10.0. The number of halogens is 5. The second-order valence-corrected chi connectivity index (χ2v) is 5.11. The molecule has 10 heteroatoms. The summed E-state index contributed by atoms with van der Waals surface area (Å²) in [6.45, 7) is 1.15. The molecule has 0 saturated carbocycles. The van der Waals surface area contributed by atoms with E-state index in [1.54, 1.807) is 25.1 Å². The molecule has 0 aliphatic carbocycles. The van der Waals surface area contributed by atoms with Crippen LogP contribution in [0.15, 0.2) is 29.4 Å². The number of benzene rings is 2. The summed E-state index contributed by atoms with van der Waals surface area (Å²) < 4.78 is 74.5. The van der Waals surface area contributed by atoms with Crippen molar-refractivity contribution < 1.29 is 36.2 Å². The van der Waals surface area contributed by atoms with E-state index in [0.29, 0.717) is 5.56 Å². The molecule has 0 amide bonds. The van der Waals surface area contributed by atoms with Crippen LogP contribution in [-0.2, 0) is 4.74 Å². The first kappa shape index (κ1) is 19.3. The Kier molecular flexibility index (Phi) is 5.86. The Morgan fingerprint density at radius 3 is 2.12 bits per heavy atom. The molecule has 1 unspecified atom stereocenters. The van der Waals surface area contributed by atoms with Gasteiger partial charge in [0, 0.05) is 5.92 Å². The van der Waals surface area contributed by atoms with E-state index in [1.807, 2.05) is 0 Å². The molecule has 0 heterocycles. The van der Waals surface area contributed by atoms with E-state index in [1.165, 1.54) is 6.07 Å². The van der Waals surface area contributed by atoms with Crippen LogP contribution in [0.5, 0.6) is 5.75 Å². The second kappa shape index (κ2) is 7.89. The molecule has 0 aliphatic rings. The minimum Gasteiger partial charge on any atom is -0.433 e. The van der Waals surface area contributed by atoms with Crippen molar-refractivity contribution in [2.45, 2.75) is 12.8 Å². The highest BCUT2D eigenvalue weighted by Gasteiger charge is 2.29. The third-order valence-corrected chi connectivity index (χ3v) is 3.37. The molecular weight excluding hydrogens is 365 g/mol. The summed E-state index contributed by atoms with van der Waals surface area (Å²) in [5, 5.41) is 2.80. The topological polar surface area (TPSA) is 65.0 Å². The van der Waals surface area contributed by atoms with E-state index in [4.69, 9.17) is 0 Å². The molecule has 0 radical (unpaired) electrons. The third-order valence-electron chi connectivity index (χ3n) is 3.37. The Morgan fingerprint density at radius 1 is 1.00 bits per heavy atom. The van der Waals surface area contributed by atoms with Crippen molar-refractivity contribution in [3.05, 3.63) is 63.8 Å². The molecule has 2 aromatic carbocycles. The molecule has 138 valence electrons. The van der Waals surface area contributed by atoms with Crippen LogP contribution in [0.1, 0.15) is 18.4 Å². The van der Waals surface area contributed by atoms with Crippen LogP contribution in [-0.4, -0.2) is 12.8 Å². The summed E-state index contributed by atoms with van der Waals surface area (Å²) in [5.41, 5.74) is 0.517. The Balaban J connectivity index is 2.09. The summed E-state index contributed by atoms with van der Waals surface area (Å²) in [4.78, 5) is 22.2. The van der Waals surface area contributed by atoms with Crippen LogP contribution in [0.2, 0.25) is 0 Å². The van der Waals surface area contributed by atoms with Gasteiger partial charge in [-0.2, -0.15) is 8.78 Å². The highest BCUT2D eigenvalue weighted by Crippen LogP contribution is 2.30. The summed E-state index contributed by atoms with van der Waals surface area (Å²) in [6.07, 6.45) is -1.68. The predicted octanol–water partition coefficient (Wildman–Crippen LogP) is 5.10. The molecular formula is C16H10F5NO4. The molecule has 0 spiro atoms. The van der Waals surface area contributed by atoms with Gasteiger partial charge in [0.2, 0.25) is 34.8 Å². The van der Waals surface area contributed by atoms with Crippen LogP contribution in [0, 0.1) is 34.0 Å². The minimum absolute atomic E-state index is 0.0942. The second-order valence-electron chi connectivity index (χ2n) is 5.11. The lowest BCUT2D eigenvalue weighted by molar-refractivity contribution is 0.0906. The number of carbonyl (C=O) groups excluding carboxylic acids is 1. The number of nitrogens with zero attached hydrogens (tertiary/aromatic N) is 1. The van der Waals surface area contributed by atoms with Crippen LogP contribution in [0.25, 0.3) is 0 Å². The first-order valence-electron chi connectivity index (χ1n) is 7.06. The van der Waals surface area contributed by atoms with E-state index >= 15 is 0 Å². The van der Waals surface area contributed by atoms with Gasteiger partial charge in [-0.05, 0) is 16.8 Å². The predicted molar refractivity (Wildman–Crippen MR) is 78.5 cm³/mol. The molecule has 26 heavy (non-hydrogen) atoms. The SMILES string of the molecule is CC(COC(=O)Oc1c(F)c(F)c(F)c(F)c1F)c1ccccc1N=O. The fourth-order valence-electron chi connectivity index (χ4n) is 2.06. The van der Waals surface area contributed by atoms with Gasteiger partial charge in [0.05, 0.1) is 0 Å². The van der Waals surface area contributed by atoms with Gasteiger partial charge in [-0.3, -0.25) is 0 Å². The number of nitroso groups, excluding NO2 is 1. The quantitative estimate of drug-likeness (QED) is 0.182. The van der Waals surface area contributed by atoms with Gasteiger partial charge in [0.1, 0.15) is 12.3 Å². The average molecular weight is 375 g/mol. The van der Waals surface area contributed by atoms with Crippen molar-refractivity contribution in [2.24, 2.45) is 5.18 Å². The number of carbonyl (C=O) groups is 1. The molecule has 2 aromatic rings. The molecule has 0 aromatic heterocycles. The molecule has 0 bridgehead atoms. The molecule has 0 saturated heterocycles. The van der Waals surface area contributed by atoms with E-state index in [9.17, 15) is 31.7 Å². The number of hydrogen-bond acceptors (Lipinski definition) is 5. The van der Waals surface area contributed by atoms with E-state index in [0.717, 1.165) is 0 Å². The normalized spacial score (nSPS) is 11.8. The van der Waals surface area contributed by atoms with Crippen molar-refractivity contribution in [3.8, 4) is 5.75 Å². The lowest BCUT2D eigenvalue weighted by Gasteiger charge is -2.14. The van der Waals surface area contributed by atoms with Crippen molar-refractivity contribution in [3.63, 3.8) is 0 Å². The van der Waals surface area contributed by atoms with Gasteiger partial charge in [-0.25, -0.2) is 18.0 Å². The summed E-state index contributed by atoms with van der Waals surface area (Å²) in [7, 11) is 0. The van der Waals surface area contributed by atoms with Crippen molar-refractivity contribution in [2.75, 3.05) is 6.61 Å². The first-order chi connectivity index (χ1) is 12.3. The Labute approximate surface area is 143 Å². The molecule has 0 aliphatic heterocycles. The van der Waals surface area contributed by atoms with Crippen LogP contribution >= 0.6 is 0 Å². The van der Waals surface area contributed by atoms with E-state index in [2.05, 4.69) is 14.7 Å².